The molecule has 0 radical (unpaired) electrons. The summed E-state index contributed by atoms with van der Waals surface area (Å²) < 4.78 is 26.6. The summed E-state index contributed by atoms with van der Waals surface area (Å²) in [6.07, 6.45) is 0. The SMILES string of the molecule is CCN(CC)C(=O)CN(C)C(=O)c1cc(F)ccc1F. The Balaban J connectivity index is 2.82. The number of amides is 2. The first-order valence-corrected chi connectivity index (χ1v) is 6.39. The van der Waals surface area contributed by atoms with Gasteiger partial charge in [-0.05, 0) is 32.0 Å². The summed E-state index contributed by atoms with van der Waals surface area (Å²) in [6.45, 7) is 4.55. The molecule has 4 nitrogen and oxygen atoms in total. The van der Waals surface area contributed by atoms with Gasteiger partial charge >= 0.3 is 0 Å². The number of carbonyl (C=O) groups excluding carboxylic acids is 2. The third kappa shape index (κ3) is 3.76. The van der Waals surface area contributed by atoms with Crippen LogP contribution in [0.5, 0.6) is 0 Å². The largest absolute Gasteiger partial charge is 0.342 e. The molecule has 0 unspecified atom stereocenters. The number of likely N-dealkylation sites (N-methyl/N-ethyl adjacent to an activating group) is 2. The minimum atomic E-state index is -0.807. The van der Waals surface area contributed by atoms with Crippen molar-refractivity contribution in [3.63, 3.8) is 0 Å². The molecule has 0 N–H and O–H groups in total. The van der Waals surface area contributed by atoms with Crippen LogP contribution in [0.4, 0.5) is 8.78 Å². The van der Waals surface area contributed by atoms with E-state index in [-0.39, 0.29) is 18.0 Å². The number of carbonyl (C=O) groups is 2. The van der Waals surface area contributed by atoms with Crippen LogP contribution in [0.25, 0.3) is 0 Å². The fourth-order valence-electron chi connectivity index (χ4n) is 1.82. The maximum atomic E-state index is 13.5. The fourth-order valence-corrected chi connectivity index (χ4v) is 1.82. The molecule has 0 saturated heterocycles. The minimum absolute atomic E-state index is 0.170. The van der Waals surface area contributed by atoms with Gasteiger partial charge in [0.1, 0.15) is 11.6 Å². The summed E-state index contributed by atoms with van der Waals surface area (Å²) in [7, 11) is 1.38. The van der Waals surface area contributed by atoms with E-state index in [0.29, 0.717) is 13.1 Å². The van der Waals surface area contributed by atoms with Crippen LogP contribution in [0.3, 0.4) is 0 Å². The van der Waals surface area contributed by atoms with Crippen LogP contribution in [-0.4, -0.2) is 48.3 Å². The molecule has 0 saturated carbocycles. The molecule has 0 aliphatic heterocycles. The monoisotopic (exact) mass is 284 g/mol. The summed E-state index contributed by atoms with van der Waals surface area (Å²) >= 11 is 0. The number of hydrogen-bond acceptors (Lipinski definition) is 2. The van der Waals surface area contributed by atoms with Crippen molar-refractivity contribution >= 4 is 11.8 Å². The highest BCUT2D eigenvalue weighted by atomic mass is 19.1. The zero-order chi connectivity index (χ0) is 15.3. The van der Waals surface area contributed by atoms with E-state index in [4.69, 9.17) is 0 Å². The molecule has 2 amide bonds. The number of halogens is 2. The lowest BCUT2D eigenvalue weighted by atomic mass is 10.2. The molecule has 0 fully saturated rings. The van der Waals surface area contributed by atoms with E-state index in [1.165, 1.54) is 7.05 Å². The van der Waals surface area contributed by atoms with Gasteiger partial charge in [-0.15, -0.1) is 0 Å². The van der Waals surface area contributed by atoms with Crippen molar-refractivity contribution in [2.45, 2.75) is 13.8 Å². The molecule has 0 aliphatic rings. The van der Waals surface area contributed by atoms with Crippen LogP contribution >= 0.6 is 0 Å². The molecule has 6 heteroatoms. The van der Waals surface area contributed by atoms with Gasteiger partial charge in [0, 0.05) is 20.1 Å². The van der Waals surface area contributed by atoms with E-state index in [2.05, 4.69) is 0 Å². The summed E-state index contributed by atoms with van der Waals surface area (Å²) in [6, 6.07) is 2.66. The standard InChI is InChI=1S/C14H18F2N2O2/c1-4-18(5-2)13(19)9-17(3)14(20)11-8-10(15)6-7-12(11)16/h6-8H,4-5,9H2,1-3H3. The van der Waals surface area contributed by atoms with Crippen molar-refractivity contribution < 1.29 is 18.4 Å². The van der Waals surface area contributed by atoms with Gasteiger partial charge in [0.15, 0.2) is 0 Å². The van der Waals surface area contributed by atoms with Crippen LogP contribution in [0.15, 0.2) is 18.2 Å². The Morgan fingerprint density at radius 1 is 1.15 bits per heavy atom. The average Bonchev–Trinajstić information content (AvgIpc) is 2.42. The topological polar surface area (TPSA) is 40.6 Å². The summed E-state index contributed by atoms with van der Waals surface area (Å²) in [5, 5.41) is 0. The molecule has 0 heterocycles. The second-order valence-electron chi connectivity index (χ2n) is 4.35. The molecule has 110 valence electrons. The number of hydrogen-bond donors (Lipinski definition) is 0. The van der Waals surface area contributed by atoms with Crippen molar-refractivity contribution in [3.05, 3.63) is 35.4 Å². The first-order valence-electron chi connectivity index (χ1n) is 6.39. The van der Waals surface area contributed by atoms with Crippen LogP contribution in [0, 0.1) is 11.6 Å². The van der Waals surface area contributed by atoms with Crippen molar-refractivity contribution in [1.82, 2.24) is 9.80 Å². The Bertz CT molecular complexity index is 502. The number of benzene rings is 1. The lowest BCUT2D eigenvalue weighted by Gasteiger charge is -2.23. The lowest BCUT2D eigenvalue weighted by Crippen LogP contribution is -2.41. The van der Waals surface area contributed by atoms with Gasteiger partial charge in [0.25, 0.3) is 5.91 Å². The molecule has 1 aromatic carbocycles. The van der Waals surface area contributed by atoms with E-state index < -0.39 is 17.5 Å². The zero-order valence-electron chi connectivity index (χ0n) is 11.8. The Labute approximate surface area is 117 Å². The summed E-state index contributed by atoms with van der Waals surface area (Å²) in [4.78, 5) is 26.5. The minimum Gasteiger partial charge on any atom is -0.342 e. The molecular formula is C14H18F2N2O2. The summed E-state index contributed by atoms with van der Waals surface area (Å²) in [5.74, 6) is -2.46. The third-order valence-corrected chi connectivity index (χ3v) is 2.99. The predicted octanol–water partition coefficient (Wildman–Crippen LogP) is 1.91. The molecule has 1 aromatic rings. The predicted molar refractivity (Wildman–Crippen MR) is 71.2 cm³/mol. The van der Waals surface area contributed by atoms with Crippen molar-refractivity contribution in [1.29, 1.82) is 0 Å². The maximum Gasteiger partial charge on any atom is 0.257 e. The second-order valence-corrected chi connectivity index (χ2v) is 4.35. The molecule has 0 spiro atoms. The number of nitrogens with zero attached hydrogens (tertiary/aromatic N) is 2. The van der Waals surface area contributed by atoms with Crippen molar-refractivity contribution in [2.24, 2.45) is 0 Å². The molecule has 0 aliphatic carbocycles. The molecular weight excluding hydrogens is 266 g/mol. The number of rotatable bonds is 5. The van der Waals surface area contributed by atoms with Gasteiger partial charge in [0.05, 0.1) is 12.1 Å². The first kappa shape index (κ1) is 16.1. The van der Waals surface area contributed by atoms with Crippen molar-refractivity contribution in [3.8, 4) is 0 Å². The Morgan fingerprint density at radius 3 is 2.30 bits per heavy atom. The van der Waals surface area contributed by atoms with Crippen LogP contribution < -0.4 is 0 Å². The van der Waals surface area contributed by atoms with E-state index in [1.807, 2.05) is 13.8 Å². The third-order valence-electron chi connectivity index (χ3n) is 2.99. The second kappa shape index (κ2) is 6.98. The lowest BCUT2D eigenvalue weighted by molar-refractivity contribution is -0.131. The van der Waals surface area contributed by atoms with E-state index in [0.717, 1.165) is 23.1 Å². The zero-order valence-corrected chi connectivity index (χ0v) is 11.8. The van der Waals surface area contributed by atoms with Crippen molar-refractivity contribution in [2.75, 3.05) is 26.7 Å². The van der Waals surface area contributed by atoms with Gasteiger partial charge < -0.3 is 9.80 Å². The van der Waals surface area contributed by atoms with Gasteiger partial charge in [0.2, 0.25) is 5.91 Å². The van der Waals surface area contributed by atoms with Crippen LogP contribution in [0.2, 0.25) is 0 Å². The highest BCUT2D eigenvalue weighted by molar-refractivity contribution is 5.96. The quantitative estimate of drug-likeness (QED) is 0.828. The maximum absolute atomic E-state index is 13.5. The van der Waals surface area contributed by atoms with E-state index >= 15 is 0 Å². The van der Waals surface area contributed by atoms with Gasteiger partial charge in [-0.25, -0.2) is 8.78 Å². The Morgan fingerprint density at radius 2 is 1.75 bits per heavy atom. The molecule has 0 atom stereocenters. The highest BCUT2D eigenvalue weighted by Crippen LogP contribution is 2.12. The molecule has 1 rings (SSSR count). The molecule has 0 bridgehead atoms. The van der Waals surface area contributed by atoms with Crippen LogP contribution in [0.1, 0.15) is 24.2 Å². The van der Waals surface area contributed by atoms with Gasteiger partial charge in [-0.2, -0.15) is 0 Å². The summed E-state index contributed by atoms with van der Waals surface area (Å²) in [5.41, 5.74) is -0.375. The van der Waals surface area contributed by atoms with Gasteiger partial charge in [-0.3, -0.25) is 9.59 Å². The fraction of sp³-hybridized carbons (Fsp3) is 0.429. The molecule has 20 heavy (non-hydrogen) atoms. The first-order chi connectivity index (χ1) is 9.40. The Hall–Kier alpha value is -1.98. The normalized spacial score (nSPS) is 10.2. The van der Waals surface area contributed by atoms with Crippen LogP contribution in [-0.2, 0) is 4.79 Å². The smallest absolute Gasteiger partial charge is 0.257 e. The van der Waals surface area contributed by atoms with Gasteiger partial charge in [-0.1, -0.05) is 0 Å². The molecule has 0 aromatic heterocycles. The Kier molecular flexibility index (Phi) is 5.61. The van der Waals surface area contributed by atoms with E-state index in [9.17, 15) is 18.4 Å². The average molecular weight is 284 g/mol. The highest BCUT2D eigenvalue weighted by Gasteiger charge is 2.20. The van der Waals surface area contributed by atoms with E-state index in [1.54, 1.807) is 4.90 Å².